The number of ether oxygens (including phenoxy) is 1. The van der Waals surface area contributed by atoms with E-state index in [9.17, 15) is 8.42 Å². The zero-order chi connectivity index (χ0) is 18.7. The van der Waals surface area contributed by atoms with E-state index in [1.54, 1.807) is 36.7 Å². The van der Waals surface area contributed by atoms with Gasteiger partial charge in [0.05, 0.1) is 12.8 Å². The van der Waals surface area contributed by atoms with Crippen molar-refractivity contribution in [1.29, 1.82) is 0 Å². The number of nitrogens with zero attached hydrogens (tertiary/aromatic N) is 3. The maximum atomic E-state index is 12.9. The molecule has 2 aromatic carbocycles. The first kappa shape index (κ1) is 18.4. The maximum Gasteiger partial charge on any atom is 0.263 e. The first-order valence-electron chi connectivity index (χ1n) is 7.80. The molecule has 0 amide bonds. The van der Waals surface area contributed by atoms with Crippen molar-refractivity contribution in [3.63, 3.8) is 0 Å². The van der Waals surface area contributed by atoms with Gasteiger partial charge < -0.3 is 9.30 Å². The molecule has 0 fully saturated rings. The van der Waals surface area contributed by atoms with Gasteiger partial charge in [0.15, 0.2) is 5.82 Å². The standard InChI is InChI=1S/C17H17BrN4O3S/c1-3-22-11-19-20-17(22)13-6-4-5-7-15(13)21-26(23,24)16-10-12(25-2)8-9-14(16)18/h4-11,21H,3H2,1-2H3. The van der Waals surface area contributed by atoms with Crippen LogP contribution < -0.4 is 9.46 Å². The number of rotatable bonds is 6. The predicted molar refractivity (Wildman–Crippen MR) is 103 cm³/mol. The Balaban J connectivity index is 2.05. The topological polar surface area (TPSA) is 86.1 Å². The minimum Gasteiger partial charge on any atom is -0.497 e. The van der Waals surface area contributed by atoms with E-state index in [1.165, 1.54) is 13.2 Å². The molecule has 0 bridgehead atoms. The Morgan fingerprint density at radius 1 is 1.23 bits per heavy atom. The van der Waals surface area contributed by atoms with Crippen LogP contribution in [0.4, 0.5) is 5.69 Å². The van der Waals surface area contributed by atoms with Crippen LogP contribution in [0, 0.1) is 0 Å². The Hall–Kier alpha value is -2.39. The molecule has 0 radical (unpaired) electrons. The highest BCUT2D eigenvalue weighted by Gasteiger charge is 2.21. The number of hydrogen-bond acceptors (Lipinski definition) is 5. The molecule has 136 valence electrons. The van der Waals surface area contributed by atoms with Gasteiger partial charge in [-0.25, -0.2) is 8.42 Å². The summed E-state index contributed by atoms with van der Waals surface area (Å²) < 4.78 is 35.9. The molecule has 0 saturated heterocycles. The molecule has 0 aliphatic rings. The van der Waals surface area contributed by atoms with Crippen molar-refractivity contribution in [3.05, 3.63) is 53.3 Å². The average molecular weight is 437 g/mol. The molecule has 9 heteroatoms. The van der Waals surface area contributed by atoms with Gasteiger partial charge in [-0.05, 0) is 47.1 Å². The van der Waals surface area contributed by atoms with Crippen LogP contribution in [0.5, 0.6) is 5.75 Å². The van der Waals surface area contributed by atoms with Crippen LogP contribution in [0.3, 0.4) is 0 Å². The number of sulfonamides is 1. The summed E-state index contributed by atoms with van der Waals surface area (Å²) >= 11 is 3.29. The number of aromatic nitrogens is 3. The second kappa shape index (κ2) is 7.46. The third-order valence-electron chi connectivity index (χ3n) is 3.80. The van der Waals surface area contributed by atoms with Crippen molar-refractivity contribution < 1.29 is 13.2 Å². The summed E-state index contributed by atoms with van der Waals surface area (Å²) in [6.45, 7) is 2.64. The summed E-state index contributed by atoms with van der Waals surface area (Å²) in [5.74, 6) is 1.04. The molecule has 0 atom stereocenters. The number of aryl methyl sites for hydroxylation is 1. The number of para-hydroxylation sites is 1. The lowest BCUT2D eigenvalue weighted by atomic mass is 10.1. The minimum atomic E-state index is -3.84. The first-order chi connectivity index (χ1) is 12.5. The fraction of sp³-hybridized carbons (Fsp3) is 0.176. The summed E-state index contributed by atoms with van der Waals surface area (Å²) in [5, 5.41) is 8.03. The van der Waals surface area contributed by atoms with Crippen LogP contribution in [0.15, 0.2) is 58.2 Å². The molecular formula is C17H17BrN4O3S. The molecule has 3 rings (SSSR count). The van der Waals surface area contributed by atoms with Crippen molar-refractivity contribution in [3.8, 4) is 17.1 Å². The molecule has 7 nitrogen and oxygen atoms in total. The minimum absolute atomic E-state index is 0.0867. The average Bonchev–Trinajstić information content (AvgIpc) is 3.10. The SMILES string of the molecule is CCn1cnnc1-c1ccccc1NS(=O)(=O)c1cc(OC)ccc1Br. The molecule has 0 aliphatic carbocycles. The van der Waals surface area contributed by atoms with E-state index in [1.807, 2.05) is 17.6 Å². The number of nitrogens with one attached hydrogen (secondary N) is 1. The number of anilines is 1. The van der Waals surface area contributed by atoms with E-state index in [0.29, 0.717) is 33.8 Å². The molecule has 0 spiro atoms. The van der Waals surface area contributed by atoms with Crippen LogP contribution in [0.25, 0.3) is 11.4 Å². The zero-order valence-electron chi connectivity index (χ0n) is 14.2. The van der Waals surface area contributed by atoms with Crippen molar-refractivity contribution in [1.82, 2.24) is 14.8 Å². The van der Waals surface area contributed by atoms with E-state index in [-0.39, 0.29) is 4.90 Å². The van der Waals surface area contributed by atoms with E-state index >= 15 is 0 Å². The summed E-state index contributed by atoms with van der Waals surface area (Å²) in [5.41, 5.74) is 1.07. The summed E-state index contributed by atoms with van der Waals surface area (Å²) in [6.07, 6.45) is 1.61. The normalized spacial score (nSPS) is 11.3. The largest absolute Gasteiger partial charge is 0.497 e. The van der Waals surface area contributed by atoms with Crippen molar-refractivity contribution >= 4 is 31.6 Å². The molecule has 1 heterocycles. The van der Waals surface area contributed by atoms with Gasteiger partial charge in [-0.2, -0.15) is 0 Å². The van der Waals surface area contributed by atoms with E-state index < -0.39 is 10.0 Å². The van der Waals surface area contributed by atoms with Gasteiger partial charge in [0.1, 0.15) is 17.0 Å². The fourth-order valence-corrected chi connectivity index (χ4v) is 4.54. The van der Waals surface area contributed by atoms with Gasteiger partial charge in [0.25, 0.3) is 10.0 Å². The van der Waals surface area contributed by atoms with Crippen molar-refractivity contribution in [2.75, 3.05) is 11.8 Å². The molecule has 3 aromatic rings. The Morgan fingerprint density at radius 2 is 2.00 bits per heavy atom. The summed E-state index contributed by atoms with van der Waals surface area (Å²) in [6, 6.07) is 11.8. The van der Waals surface area contributed by atoms with E-state index in [0.717, 1.165) is 0 Å². The second-order valence-electron chi connectivity index (χ2n) is 5.39. The maximum absolute atomic E-state index is 12.9. The first-order valence-corrected chi connectivity index (χ1v) is 10.1. The van der Waals surface area contributed by atoms with E-state index in [2.05, 4.69) is 30.8 Å². The number of benzene rings is 2. The third-order valence-corrected chi connectivity index (χ3v) is 6.16. The number of hydrogen-bond donors (Lipinski definition) is 1. The van der Waals surface area contributed by atoms with Gasteiger partial charge in [-0.1, -0.05) is 12.1 Å². The molecule has 0 aliphatic heterocycles. The Labute approximate surface area is 160 Å². The van der Waals surface area contributed by atoms with Gasteiger partial charge in [-0.3, -0.25) is 4.72 Å². The number of methoxy groups -OCH3 is 1. The Bertz CT molecular complexity index is 1030. The lowest BCUT2D eigenvalue weighted by Crippen LogP contribution is -2.15. The summed E-state index contributed by atoms with van der Waals surface area (Å²) in [4.78, 5) is 0.0867. The van der Waals surface area contributed by atoms with Gasteiger partial charge in [0, 0.05) is 22.6 Å². The van der Waals surface area contributed by atoms with Crippen LogP contribution in [-0.4, -0.2) is 30.3 Å². The Kier molecular flexibility index (Phi) is 5.28. The quantitative estimate of drug-likeness (QED) is 0.638. The lowest BCUT2D eigenvalue weighted by Gasteiger charge is -2.14. The van der Waals surface area contributed by atoms with Crippen molar-refractivity contribution in [2.45, 2.75) is 18.4 Å². The van der Waals surface area contributed by atoms with Crippen molar-refractivity contribution in [2.24, 2.45) is 0 Å². The molecule has 26 heavy (non-hydrogen) atoms. The number of halogens is 1. The molecule has 0 unspecified atom stereocenters. The predicted octanol–water partition coefficient (Wildman–Crippen LogP) is 3.54. The highest BCUT2D eigenvalue weighted by atomic mass is 79.9. The molecular weight excluding hydrogens is 420 g/mol. The molecule has 1 N–H and O–H groups in total. The van der Waals surface area contributed by atoms with Gasteiger partial charge >= 0.3 is 0 Å². The fourth-order valence-electron chi connectivity index (χ4n) is 2.48. The lowest BCUT2D eigenvalue weighted by molar-refractivity contribution is 0.413. The van der Waals surface area contributed by atoms with Crippen LogP contribution >= 0.6 is 15.9 Å². The molecule has 1 aromatic heterocycles. The summed E-state index contributed by atoms with van der Waals surface area (Å²) in [7, 11) is -2.36. The second-order valence-corrected chi connectivity index (χ2v) is 7.89. The van der Waals surface area contributed by atoms with Crippen LogP contribution in [-0.2, 0) is 16.6 Å². The smallest absolute Gasteiger partial charge is 0.263 e. The highest BCUT2D eigenvalue weighted by molar-refractivity contribution is 9.10. The van der Waals surface area contributed by atoms with Crippen LogP contribution in [0.2, 0.25) is 0 Å². The highest BCUT2D eigenvalue weighted by Crippen LogP contribution is 2.31. The zero-order valence-corrected chi connectivity index (χ0v) is 16.6. The van der Waals surface area contributed by atoms with E-state index in [4.69, 9.17) is 4.74 Å². The Morgan fingerprint density at radius 3 is 2.73 bits per heavy atom. The van der Waals surface area contributed by atoms with Gasteiger partial charge in [-0.15, -0.1) is 10.2 Å². The van der Waals surface area contributed by atoms with Gasteiger partial charge in [0.2, 0.25) is 0 Å². The monoisotopic (exact) mass is 436 g/mol. The molecule has 0 saturated carbocycles. The van der Waals surface area contributed by atoms with Crippen LogP contribution in [0.1, 0.15) is 6.92 Å². The third kappa shape index (κ3) is 3.58.